The Kier molecular flexibility index (Phi) is 7.45. The van der Waals surface area contributed by atoms with Gasteiger partial charge in [-0.25, -0.2) is 9.50 Å². The SMILES string of the molecule is Cc1c(-c2ccc(CO)cc2)nc2c(C(=O)N3CCN(C(C)c4sccc4Cl)C[C@H]3C)cnn2c1C(F)(F)F. The van der Waals surface area contributed by atoms with Crippen LogP contribution in [0.25, 0.3) is 16.9 Å². The van der Waals surface area contributed by atoms with Crippen LogP contribution in [0, 0.1) is 6.92 Å². The number of benzene rings is 1. The van der Waals surface area contributed by atoms with E-state index in [2.05, 4.69) is 21.9 Å². The van der Waals surface area contributed by atoms with Crippen LogP contribution in [0.15, 0.2) is 41.9 Å². The Balaban J connectivity index is 1.50. The maximum atomic E-state index is 14.3. The molecule has 0 aliphatic carbocycles. The number of thiophene rings is 1. The van der Waals surface area contributed by atoms with Gasteiger partial charge < -0.3 is 10.0 Å². The van der Waals surface area contributed by atoms with Gasteiger partial charge in [0.1, 0.15) is 5.56 Å². The highest BCUT2D eigenvalue weighted by atomic mass is 35.5. The molecule has 1 saturated heterocycles. The number of alkyl halides is 3. The quantitative estimate of drug-likeness (QED) is 0.323. The van der Waals surface area contributed by atoms with Gasteiger partial charge >= 0.3 is 6.18 Å². The lowest BCUT2D eigenvalue weighted by Crippen LogP contribution is -2.54. The summed E-state index contributed by atoms with van der Waals surface area (Å²) in [6, 6.07) is 8.22. The van der Waals surface area contributed by atoms with Gasteiger partial charge in [0.25, 0.3) is 5.91 Å². The molecule has 1 aromatic carbocycles. The maximum Gasteiger partial charge on any atom is 0.433 e. The van der Waals surface area contributed by atoms with Crippen molar-refractivity contribution in [3.05, 3.63) is 74.2 Å². The van der Waals surface area contributed by atoms with E-state index < -0.39 is 17.8 Å². The molecule has 1 aliphatic heterocycles. The molecule has 1 amide bonds. The number of aliphatic hydroxyl groups is 1. The lowest BCUT2D eigenvalue weighted by molar-refractivity contribution is -0.143. The summed E-state index contributed by atoms with van der Waals surface area (Å²) in [6.07, 6.45) is -3.55. The monoisotopic (exact) mass is 577 g/mol. The predicted molar refractivity (Wildman–Crippen MR) is 144 cm³/mol. The summed E-state index contributed by atoms with van der Waals surface area (Å²) in [7, 11) is 0. The Hall–Kier alpha value is -2.99. The maximum absolute atomic E-state index is 14.3. The van der Waals surface area contributed by atoms with Crippen LogP contribution in [0.2, 0.25) is 5.02 Å². The zero-order chi connectivity index (χ0) is 28.1. The summed E-state index contributed by atoms with van der Waals surface area (Å²) in [5.41, 5.74) is -0.0355. The Labute approximate surface area is 232 Å². The molecule has 0 spiro atoms. The van der Waals surface area contributed by atoms with Crippen molar-refractivity contribution in [2.75, 3.05) is 19.6 Å². The van der Waals surface area contributed by atoms with Crippen molar-refractivity contribution >= 4 is 34.5 Å². The smallest absolute Gasteiger partial charge is 0.392 e. The number of fused-ring (bicyclic) bond motifs is 1. The minimum absolute atomic E-state index is 0.0170. The third-order valence-electron chi connectivity index (χ3n) is 7.28. The predicted octanol–water partition coefficient (Wildman–Crippen LogP) is 5.84. The van der Waals surface area contributed by atoms with Gasteiger partial charge in [-0.2, -0.15) is 18.3 Å². The Morgan fingerprint density at radius 3 is 2.54 bits per heavy atom. The topological polar surface area (TPSA) is 74.0 Å². The molecule has 1 aliphatic rings. The molecule has 1 N–H and O–H groups in total. The lowest BCUT2D eigenvalue weighted by Gasteiger charge is -2.42. The number of rotatable bonds is 5. The second-order valence-electron chi connectivity index (χ2n) is 9.73. The van der Waals surface area contributed by atoms with Crippen LogP contribution in [0.5, 0.6) is 0 Å². The van der Waals surface area contributed by atoms with E-state index in [-0.39, 0.29) is 41.2 Å². The molecular weight excluding hydrogens is 551 g/mol. The Bertz CT molecular complexity index is 1520. The van der Waals surface area contributed by atoms with Crippen LogP contribution >= 0.6 is 22.9 Å². The summed E-state index contributed by atoms with van der Waals surface area (Å²) in [6.45, 7) is 6.73. The highest BCUT2D eigenvalue weighted by molar-refractivity contribution is 7.10. The number of hydrogen-bond acceptors (Lipinski definition) is 6. The standard InChI is InChI=1S/C27H27ClF3N5O2S/c1-15-13-34(17(3)23-21(28)8-11-39-23)9-10-35(15)26(38)20-12-32-36-24(27(29,30)31)16(2)22(33-25(20)36)19-6-4-18(14-37)5-7-19/h4-8,11-12,15,17,37H,9-10,13-14H2,1-3H3/t15-,17?/m1/s1. The Morgan fingerprint density at radius 1 is 1.23 bits per heavy atom. The first-order valence-corrected chi connectivity index (χ1v) is 13.7. The molecule has 7 nitrogen and oxygen atoms in total. The van der Waals surface area contributed by atoms with Gasteiger partial charge in [0.15, 0.2) is 11.3 Å². The number of carbonyl (C=O) groups is 1. The summed E-state index contributed by atoms with van der Waals surface area (Å²) in [5.74, 6) is -0.412. The first kappa shape index (κ1) is 27.6. The van der Waals surface area contributed by atoms with Crippen LogP contribution in [-0.4, -0.2) is 61.1 Å². The molecule has 0 saturated carbocycles. The van der Waals surface area contributed by atoms with Gasteiger partial charge in [0.2, 0.25) is 0 Å². The van der Waals surface area contributed by atoms with Crippen molar-refractivity contribution in [3.63, 3.8) is 0 Å². The van der Waals surface area contributed by atoms with Gasteiger partial charge in [0.05, 0.1) is 23.5 Å². The largest absolute Gasteiger partial charge is 0.433 e. The second kappa shape index (κ2) is 10.5. The van der Waals surface area contributed by atoms with E-state index in [9.17, 15) is 23.1 Å². The van der Waals surface area contributed by atoms with Crippen molar-refractivity contribution in [1.82, 2.24) is 24.4 Å². The number of aromatic nitrogens is 3. The number of nitrogens with zero attached hydrogens (tertiary/aromatic N) is 5. The van der Waals surface area contributed by atoms with Crippen molar-refractivity contribution in [3.8, 4) is 11.3 Å². The van der Waals surface area contributed by atoms with Gasteiger partial charge in [0, 0.05) is 47.7 Å². The number of aliphatic hydroxyl groups excluding tert-OH is 1. The molecular formula is C27H27ClF3N5O2S. The number of hydrogen-bond donors (Lipinski definition) is 1. The second-order valence-corrected chi connectivity index (χ2v) is 11.1. The van der Waals surface area contributed by atoms with Crippen LogP contribution in [0.4, 0.5) is 13.2 Å². The summed E-state index contributed by atoms with van der Waals surface area (Å²) in [5, 5.41) is 16.0. The fraction of sp³-hybridized carbons (Fsp3) is 0.370. The molecule has 3 aromatic heterocycles. The summed E-state index contributed by atoms with van der Waals surface area (Å²) < 4.78 is 43.5. The zero-order valence-corrected chi connectivity index (χ0v) is 23.1. The molecule has 12 heteroatoms. The minimum Gasteiger partial charge on any atom is -0.392 e. The Morgan fingerprint density at radius 2 is 1.95 bits per heavy atom. The first-order chi connectivity index (χ1) is 18.5. The van der Waals surface area contributed by atoms with Gasteiger partial charge in [-0.3, -0.25) is 9.69 Å². The van der Waals surface area contributed by atoms with Crippen molar-refractivity contribution in [2.45, 2.75) is 45.6 Å². The first-order valence-electron chi connectivity index (χ1n) is 12.4. The van der Waals surface area contributed by atoms with E-state index in [0.29, 0.717) is 35.8 Å². The van der Waals surface area contributed by atoms with Crippen LogP contribution in [-0.2, 0) is 12.8 Å². The normalized spacial score (nSPS) is 17.6. The van der Waals surface area contributed by atoms with Crippen LogP contribution in [0.1, 0.15) is 51.9 Å². The molecule has 206 valence electrons. The average Bonchev–Trinajstić information content (AvgIpc) is 3.52. The number of piperazine rings is 1. The molecule has 39 heavy (non-hydrogen) atoms. The van der Waals surface area contributed by atoms with Crippen molar-refractivity contribution in [1.29, 1.82) is 0 Å². The van der Waals surface area contributed by atoms with E-state index in [1.54, 1.807) is 40.5 Å². The van der Waals surface area contributed by atoms with Gasteiger partial charge in [-0.15, -0.1) is 11.3 Å². The van der Waals surface area contributed by atoms with E-state index in [0.717, 1.165) is 9.39 Å². The molecule has 2 atom stereocenters. The van der Waals surface area contributed by atoms with Gasteiger partial charge in [-0.1, -0.05) is 35.9 Å². The highest BCUT2D eigenvalue weighted by Gasteiger charge is 2.39. The molecule has 0 bridgehead atoms. The number of amides is 1. The minimum atomic E-state index is -4.73. The number of halogens is 4. The molecule has 4 aromatic rings. The fourth-order valence-electron chi connectivity index (χ4n) is 5.17. The van der Waals surface area contributed by atoms with Crippen LogP contribution in [0.3, 0.4) is 0 Å². The fourth-order valence-corrected chi connectivity index (χ4v) is 6.48. The molecule has 5 rings (SSSR count). The average molecular weight is 578 g/mol. The molecule has 1 unspecified atom stereocenters. The molecule has 0 radical (unpaired) electrons. The number of carbonyl (C=O) groups excluding carboxylic acids is 1. The van der Waals surface area contributed by atoms with Crippen LogP contribution < -0.4 is 0 Å². The molecule has 1 fully saturated rings. The highest BCUT2D eigenvalue weighted by Crippen LogP contribution is 2.37. The third kappa shape index (κ3) is 5.04. The van der Waals surface area contributed by atoms with Gasteiger partial charge in [-0.05, 0) is 37.8 Å². The van der Waals surface area contributed by atoms with Crippen molar-refractivity contribution in [2.24, 2.45) is 0 Å². The van der Waals surface area contributed by atoms with E-state index in [4.69, 9.17) is 11.6 Å². The molecule has 4 heterocycles. The van der Waals surface area contributed by atoms with Crippen molar-refractivity contribution < 1.29 is 23.1 Å². The van der Waals surface area contributed by atoms with E-state index >= 15 is 0 Å². The lowest BCUT2D eigenvalue weighted by atomic mass is 10.0. The zero-order valence-electron chi connectivity index (χ0n) is 21.5. The third-order valence-corrected chi connectivity index (χ3v) is 8.81. The summed E-state index contributed by atoms with van der Waals surface area (Å²) >= 11 is 7.92. The van der Waals surface area contributed by atoms with E-state index in [1.807, 2.05) is 18.4 Å². The summed E-state index contributed by atoms with van der Waals surface area (Å²) in [4.78, 5) is 23.2. The van der Waals surface area contributed by atoms with E-state index in [1.165, 1.54) is 13.1 Å².